The molecule has 0 atom stereocenters. The van der Waals surface area contributed by atoms with E-state index in [1.807, 2.05) is 30.6 Å². The lowest BCUT2D eigenvalue weighted by Gasteiger charge is -2.40. The Kier molecular flexibility index (Phi) is 3.44. The van der Waals surface area contributed by atoms with Gasteiger partial charge in [0.25, 0.3) is 0 Å². The minimum absolute atomic E-state index is 0.00113. The van der Waals surface area contributed by atoms with E-state index < -0.39 is 0 Å². The first kappa shape index (κ1) is 14.7. The van der Waals surface area contributed by atoms with Crippen molar-refractivity contribution in [3.8, 4) is 0 Å². The summed E-state index contributed by atoms with van der Waals surface area (Å²) in [4.78, 5) is 25.9. The zero-order valence-electron chi connectivity index (χ0n) is 13.7. The van der Waals surface area contributed by atoms with Crippen molar-refractivity contribution in [3.63, 3.8) is 0 Å². The van der Waals surface area contributed by atoms with Crippen LogP contribution in [-0.2, 0) is 11.2 Å². The number of carbonyl (C=O) groups excluding carboxylic acids is 1. The molecule has 4 heterocycles. The molecule has 1 saturated heterocycles. The van der Waals surface area contributed by atoms with Gasteiger partial charge in [0.1, 0.15) is 5.52 Å². The van der Waals surface area contributed by atoms with E-state index in [-0.39, 0.29) is 11.9 Å². The number of nitrogens with zero attached hydrogens (tertiary/aromatic N) is 5. The summed E-state index contributed by atoms with van der Waals surface area (Å²) in [5, 5.41) is 7.45. The number of H-pyrrole nitrogens is 1. The highest BCUT2D eigenvalue weighted by molar-refractivity contribution is 5.79. The van der Waals surface area contributed by atoms with Crippen LogP contribution in [0.1, 0.15) is 17.1 Å². The number of nitrogens with one attached hydrogen (secondary N) is 2. The number of carbonyl (C=O) groups is 1. The number of fused-ring (bicyclic) bond motifs is 1. The highest BCUT2D eigenvalue weighted by Crippen LogP contribution is 2.24. The third kappa shape index (κ3) is 2.60. The quantitative estimate of drug-likeness (QED) is 0.734. The molecule has 1 fully saturated rings. The Morgan fingerprint density at radius 2 is 2.21 bits per heavy atom. The Labute approximate surface area is 138 Å². The molecule has 0 saturated carbocycles. The maximum atomic E-state index is 12.1. The number of aromatic amines is 1. The molecule has 1 aliphatic heterocycles. The molecule has 1 aliphatic rings. The van der Waals surface area contributed by atoms with Gasteiger partial charge in [-0.15, -0.1) is 0 Å². The lowest BCUT2D eigenvalue weighted by molar-refractivity contribution is -0.121. The van der Waals surface area contributed by atoms with Crippen LogP contribution >= 0.6 is 0 Å². The van der Waals surface area contributed by atoms with Crippen molar-refractivity contribution in [3.05, 3.63) is 41.9 Å². The second kappa shape index (κ2) is 5.63. The lowest BCUT2D eigenvalue weighted by atomic mass is 10.1. The molecule has 8 nitrogen and oxygen atoms in total. The third-order valence-electron chi connectivity index (χ3n) is 4.30. The normalized spacial score (nSPS) is 14.8. The first-order valence-electron chi connectivity index (χ1n) is 7.94. The Hall–Kier alpha value is -2.90. The van der Waals surface area contributed by atoms with Crippen LogP contribution in [0.2, 0.25) is 0 Å². The molecule has 1 amide bonds. The standard InChI is InChI=1S/C16H19N7O/c1-10-5-14-16(17-3-4-23(14)21-10)22-7-12(8-22)20-15(24)6-13-11(2)18-9-19-13/h3-5,9,12H,6-8H2,1-2H3,(H,18,19)(H,20,24). The average Bonchev–Trinajstić information content (AvgIpc) is 3.07. The second-order valence-corrected chi connectivity index (χ2v) is 6.19. The molecule has 3 aromatic rings. The highest BCUT2D eigenvalue weighted by Gasteiger charge is 2.30. The molecular formula is C16H19N7O. The number of aryl methyl sites for hydroxylation is 2. The lowest BCUT2D eigenvalue weighted by Crippen LogP contribution is -2.60. The molecule has 124 valence electrons. The number of hydrogen-bond donors (Lipinski definition) is 2. The summed E-state index contributed by atoms with van der Waals surface area (Å²) in [6, 6.07) is 2.16. The molecule has 3 aromatic heterocycles. The van der Waals surface area contributed by atoms with Crippen LogP contribution in [0.5, 0.6) is 0 Å². The Balaban J connectivity index is 1.37. The van der Waals surface area contributed by atoms with E-state index in [2.05, 4.69) is 30.3 Å². The fourth-order valence-electron chi connectivity index (χ4n) is 3.01. The van der Waals surface area contributed by atoms with Gasteiger partial charge in [-0.25, -0.2) is 14.5 Å². The third-order valence-corrected chi connectivity index (χ3v) is 4.30. The number of hydrogen-bond acceptors (Lipinski definition) is 5. The van der Waals surface area contributed by atoms with Crippen molar-refractivity contribution in [2.45, 2.75) is 26.3 Å². The summed E-state index contributed by atoms with van der Waals surface area (Å²) in [7, 11) is 0. The van der Waals surface area contributed by atoms with Crippen LogP contribution in [-0.4, -0.2) is 49.6 Å². The molecule has 2 N–H and O–H groups in total. The molecule has 0 spiro atoms. The summed E-state index contributed by atoms with van der Waals surface area (Å²) in [6.07, 6.45) is 5.52. The van der Waals surface area contributed by atoms with E-state index in [1.54, 1.807) is 12.5 Å². The largest absolute Gasteiger partial charge is 0.351 e. The SMILES string of the molecule is Cc1cc2c(N3CC(NC(=O)Cc4nc[nH]c4C)C3)nccn2n1. The Morgan fingerprint density at radius 1 is 1.38 bits per heavy atom. The molecule has 24 heavy (non-hydrogen) atoms. The fourth-order valence-corrected chi connectivity index (χ4v) is 3.01. The minimum Gasteiger partial charge on any atom is -0.351 e. The Morgan fingerprint density at radius 3 is 2.96 bits per heavy atom. The molecule has 0 aromatic carbocycles. The maximum absolute atomic E-state index is 12.1. The van der Waals surface area contributed by atoms with Crippen molar-refractivity contribution in [1.82, 2.24) is 29.9 Å². The van der Waals surface area contributed by atoms with Crippen LogP contribution in [0, 0.1) is 13.8 Å². The van der Waals surface area contributed by atoms with Gasteiger partial charge in [-0.2, -0.15) is 5.10 Å². The fraction of sp³-hybridized carbons (Fsp3) is 0.375. The number of amides is 1. The van der Waals surface area contributed by atoms with Gasteiger partial charge in [0.2, 0.25) is 5.91 Å². The summed E-state index contributed by atoms with van der Waals surface area (Å²) < 4.78 is 1.84. The first-order valence-corrected chi connectivity index (χ1v) is 7.94. The number of imidazole rings is 1. The summed E-state index contributed by atoms with van der Waals surface area (Å²) in [6.45, 7) is 5.39. The van der Waals surface area contributed by atoms with Crippen LogP contribution in [0.15, 0.2) is 24.8 Å². The van der Waals surface area contributed by atoms with Crippen molar-refractivity contribution in [2.75, 3.05) is 18.0 Å². The molecule has 0 unspecified atom stereocenters. The van der Waals surface area contributed by atoms with E-state index in [9.17, 15) is 4.79 Å². The molecular weight excluding hydrogens is 306 g/mol. The van der Waals surface area contributed by atoms with Crippen LogP contribution in [0.3, 0.4) is 0 Å². The van der Waals surface area contributed by atoms with Gasteiger partial charge in [0.05, 0.1) is 30.2 Å². The summed E-state index contributed by atoms with van der Waals surface area (Å²) >= 11 is 0. The molecule has 0 bridgehead atoms. The van der Waals surface area contributed by atoms with Gasteiger partial charge in [-0.3, -0.25) is 4.79 Å². The van der Waals surface area contributed by atoms with Crippen molar-refractivity contribution in [2.24, 2.45) is 0 Å². The summed E-state index contributed by atoms with van der Waals surface area (Å²) in [5.41, 5.74) is 3.69. The molecule has 4 rings (SSSR count). The maximum Gasteiger partial charge on any atom is 0.226 e. The van der Waals surface area contributed by atoms with Gasteiger partial charge in [0, 0.05) is 31.2 Å². The average molecular weight is 325 g/mol. The van der Waals surface area contributed by atoms with E-state index in [0.29, 0.717) is 6.42 Å². The Bertz CT molecular complexity index is 891. The predicted octanol–water partition coefficient (Wildman–Crippen LogP) is 0.617. The van der Waals surface area contributed by atoms with Crippen LogP contribution in [0.4, 0.5) is 5.82 Å². The first-order chi connectivity index (χ1) is 11.6. The smallest absolute Gasteiger partial charge is 0.226 e. The van der Waals surface area contributed by atoms with Crippen LogP contribution in [0.25, 0.3) is 5.52 Å². The van der Waals surface area contributed by atoms with Gasteiger partial charge in [-0.05, 0) is 19.9 Å². The van der Waals surface area contributed by atoms with Crippen LogP contribution < -0.4 is 10.2 Å². The topological polar surface area (TPSA) is 91.2 Å². The second-order valence-electron chi connectivity index (χ2n) is 6.19. The summed E-state index contributed by atoms with van der Waals surface area (Å²) in [5.74, 6) is 0.910. The predicted molar refractivity (Wildman–Crippen MR) is 88.9 cm³/mol. The van der Waals surface area contributed by atoms with E-state index >= 15 is 0 Å². The van der Waals surface area contributed by atoms with Crippen molar-refractivity contribution < 1.29 is 4.79 Å². The monoisotopic (exact) mass is 325 g/mol. The number of anilines is 1. The zero-order chi connectivity index (χ0) is 16.7. The van der Waals surface area contributed by atoms with Gasteiger partial charge in [-0.1, -0.05) is 0 Å². The highest BCUT2D eigenvalue weighted by atomic mass is 16.1. The van der Waals surface area contributed by atoms with E-state index in [1.165, 1.54) is 0 Å². The van der Waals surface area contributed by atoms with E-state index in [4.69, 9.17) is 0 Å². The van der Waals surface area contributed by atoms with Gasteiger partial charge in [0.15, 0.2) is 5.82 Å². The molecule has 0 radical (unpaired) electrons. The number of rotatable bonds is 4. The van der Waals surface area contributed by atoms with Crippen molar-refractivity contribution in [1.29, 1.82) is 0 Å². The van der Waals surface area contributed by atoms with Crippen molar-refractivity contribution >= 4 is 17.2 Å². The minimum atomic E-state index is 0.00113. The van der Waals surface area contributed by atoms with E-state index in [0.717, 1.165) is 41.5 Å². The number of aromatic nitrogens is 5. The molecule has 0 aliphatic carbocycles. The van der Waals surface area contributed by atoms with Gasteiger partial charge >= 0.3 is 0 Å². The van der Waals surface area contributed by atoms with Gasteiger partial charge < -0.3 is 15.2 Å². The zero-order valence-corrected chi connectivity index (χ0v) is 13.7. The molecule has 8 heteroatoms.